The third-order valence-corrected chi connectivity index (χ3v) is 3.19. The minimum atomic E-state index is -0.829. The van der Waals surface area contributed by atoms with Crippen LogP contribution in [0.2, 0.25) is 5.02 Å². The Kier molecular flexibility index (Phi) is 3.97. The first-order chi connectivity index (χ1) is 9.08. The van der Waals surface area contributed by atoms with Crippen molar-refractivity contribution in [3.8, 4) is 11.5 Å². The number of ether oxygens (including phenoxy) is 2. The molecular weight excluding hydrogens is 268 g/mol. The lowest BCUT2D eigenvalue weighted by molar-refractivity contribution is 0.209. The second kappa shape index (κ2) is 5.50. The van der Waals surface area contributed by atoms with Crippen molar-refractivity contribution in [3.63, 3.8) is 0 Å². The number of hydrogen-bond donors (Lipinski definition) is 1. The summed E-state index contributed by atoms with van der Waals surface area (Å²) in [6, 6.07) is 5.10. The van der Waals surface area contributed by atoms with Gasteiger partial charge in [-0.3, -0.25) is 4.68 Å². The number of aryl methyl sites for hydroxylation is 1. The van der Waals surface area contributed by atoms with Gasteiger partial charge in [-0.2, -0.15) is 5.10 Å². The predicted molar refractivity (Wildman–Crippen MR) is 71.8 cm³/mol. The van der Waals surface area contributed by atoms with E-state index in [2.05, 4.69) is 5.10 Å². The van der Waals surface area contributed by atoms with E-state index in [4.69, 9.17) is 21.1 Å². The van der Waals surface area contributed by atoms with Crippen LogP contribution in [0, 0.1) is 0 Å². The van der Waals surface area contributed by atoms with Crippen molar-refractivity contribution in [2.45, 2.75) is 6.10 Å². The Bertz CT molecular complexity index is 583. The molecule has 0 amide bonds. The average Bonchev–Trinajstić information content (AvgIpc) is 2.83. The van der Waals surface area contributed by atoms with Crippen molar-refractivity contribution < 1.29 is 14.6 Å². The molecule has 1 unspecified atom stereocenters. The van der Waals surface area contributed by atoms with E-state index in [1.54, 1.807) is 36.1 Å². The molecule has 0 fully saturated rings. The lowest BCUT2D eigenvalue weighted by atomic mass is 10.1. The molecule has 0 aliphatic rings. The molecule has 0 saturated heterocycles. The van der Waals surface area contributed by atoms with Gasteiger partial charge in [-0.05, 0) is 23.8 Å². The van der Waals surface area contributed by atoms with Gasteiger partial charge >= 0.3 is 0 Å². The molecule has 1 atom stereocenters. The van der Waals surface area contributed by atoms with E-state index < -0.39 is 6.10 Å². The summed E-state index contributed by atoms with van der Waals surface area (Å²) in [6.45, 7) is 0. The summed E-state index contributed by atoms with van der Waals surface area (Å²) in [5.41, 5.74) is 1.29. The molecule has 0 spiro atoms. The van der Waals surface area contributed by atoms with E-state index in [1.165, 1.54) is 14.2 Å². The number of benzene rings is 1. The highest BCUT2D eigenvalue weighted by molar-refractivity contribution is 6.32. The van der Waals surface area contributed by atoms with Crippen molar-refractivity contribution in [1.29, 1.82) is 0 Å². The minimum Gasteiger partial charge on any atom is -0.493 e. The van der Waals surface area contributed by atoms with E-state index in [0.29, 0.717) is 27.8 Å². The van der Waals surface area contributed by atoms with Gasteiger partial charge in [0.1, 0.15) is 6.10 Å². The van der Waals surface area contributed by atoms with E-state index >= 15 is 0 Å². The molecule has 0 bridgehead atoms. The molecule has 1 N–H and O–H groups in total. The average molecular weight is 283 g/mol. The maximum Gasteiger partial charge on any atom is 0.179 e. The van der Waals surface area contributed by atoms with Gasteiger partial charge in [-0.15, -0.1) is 0 Å². The quantitative estimate of drug-likeness (QED) is 0.934. The van der Waals surface area contributed by atoms with Crippen molar-refractivity contribution in [2.75, 3.05) is 14.2 Å². The zero-order chi connectivity index (χ0) is 14.0. The summed E-state index contributed by atoms with van der Waals surface area (Å²) < 4.78 is 12.0. The third kappa shape index (κ3) is 2.52. The number of rotatable bonds is 4. The Morgan fingerprint density at radius 1 is 1.32 bits per heavy atom. The summed E-state index contributed by atoms with van der Waals surface area (Å²) >= 11 is 6.12. The number of aromatic nitrogens is 2. The van der Waals surface area contributed by atoms with Gasteiger partial charge in [0.2, 0.25) is 0 Å². The van der Waals surface area contributed by atoms with Gasteiger partial charge in [-0.25, -0.2) is 0 Å². The first-order valence-corrected chi connectivity index (χ1v) is 6.03. The molecule has 102 valence electrons. The molecule has 0 aliphatic heterocycles. The molecular formula is C13H15ClN2O3. The second-order valence-electron chi connectivity index (χ2n) is 4.02. The predicted octanol–water partition coefficient (Wildman–Crippen LogP) is 2.17. The fourth-order valence-corrected chi connectivity index (χ4v) is 2.22. The summed E-state index contributed by atoms with van der Waals surface area (Å²) in [4.78, 5) is 0. The molecule has 1 heterocycles. The van der Waals surface area contributed by atoms with Gasteiger partial charge in [0.25, 0.3) is 0 Å². The van der Waals surface area contributed by atoms with E-state index in [1.807, 2.05) is 0 Å². The van der Waals surface area contributed by atoms with Gasteiger partial charge in [0.05, 0.1) is 24.9 Å². The Labute approximate surface area is 116 Å². The normalized spacial score (nSPS) is 12.3. The van der Waals surface area contributed by atoms with Crippen LogP contribution in [0.1, 0.15) is 17.4 Å². The number of halogens is 1. The van der Waals surface area contributed by atoms with Gasteiger partial charge in [-0.1, -0.05) is 11.6 Å². The highest BCUT2D eigenvalue weighted by atomic mass is 35.5. The van der Waals surface area contributed by atoms with Crippen molar-refractivity contribution in [2.24, 2.45) is 7.05 Å². The van der Waals surface area contributed by atoms with Crippen LogP contribution >= 0.6 is 11.6 Å². The Morgan fingerprint density at radius 3 is 2.58 bits per heavy atom. The fraction of sp³-hybridized carbons (Fsp3) is 0.308. The second-order valence-corrected chi connectivity index (χ2v) is 4.43. The highest BCUT2D eigenvalue weighted by Crippen LogP contribution is 2.38. The maximum absolute atomic E-state index is 10.4. The zero-order valence-corrected chi connectivity index (χ0v) is 11.7. The number of methoxy groups -OCH3 is 2. The first-order valence-electron chi connectivity index (χ1n) is 5.66. The lowest BCUT2D eigenvalue weighted by Gasteiger charge is -2.15. The van der Waals surface area contributed by atoms with Gasteiger partial charge in [0.15, 0.2) is 11.5 Å². The van der Waals surface area contributed by atoms with Crippen LogP contribution in [0.25, 0.3) is 0 Å². The van der Waals surface area contributed by atoms with E-state index in [9.17, 15) is 5.11 Å². The topological polar surface area (TPSA) is 56.5 Å². The van der Waals surface area contributed by atoms with Crippen molar-refractivity contribution in [1.82, 2.24) is 9.78 Å². The molecule has 0 radical (unpaired) electrons. The van der Waals surface area contributed by atoms with Crippen LogP contribution in [-0.4, -0.2) is 29.1 Å². The van der Waals surface area contributed by atoms with Crippen molar-refractivity contribution >= 4 is 11.6 Å². The van der Waals surface area contributed by atoms with Crippen LogP contribution in [-0.2, 0) is 7.05 Å². The van der Waals surface area contributed by atoms with E-state index in [0.717, 1.165) is 0 Å². The standard InChI is InChI=1S/C13H15ClN2O3/c1-16-10(4-5-15-16)12(17)8-6-9(14)13(19-3)11(7-8)18-2/h4-7,12,17H,1-3H3. The SMILES string of the molecule is COc1cc(C(O)c2ccnn2C)cc(Cl)c1OC. The minimum absolute atomic E-state index is 0.387. The Balaban J connectivity index is 2.46. The van der Waals surface area contributed by atoms with Crippen LogP contribution in [0.4, 0.5) is 0 Å². The number of aliphatic hydroxyl groups excluding tert-OH is 1. The van der Waals surface area contributed by atoms with E-state index in [-0.39, 0.29) is 0 Å². The molecule has 0 saturated carbocycles. The Hall–Kier alpha value is -1.72. The lowest BCUT2D eigenvalue weighted by Crippen LogP contribution is -2.07. The first kappa shape index (κ1) is 13.7. The smallest absolute Gasteiger partial charge is 0.179 e. The van der Waals surface area contributed by atoms with Gasteiger partial charge < -0.3 is 14.6 Å². The number of nitrogens with zero attached hydrogens (tertiary/aromatic N) is 2. The monoisotopic (exact) mass is 282 g/mol. The number of hydrogen-bond acceptors (Lipinski definition) is 4. The summed E-state index contributed by atoms with van der Waals surface area (Å²) in [5.74, 6) is 0.927. The fourth-order valence-electron chi connectivity index (χ4n) is 1.92. The Morgan fingerprint density at radius 2 is 2.05 bits per heavy atom. The molecule has 5 nitrogen and oxygen atoms in total. The van der Waals surface area contributed by atoms with Crippen LogP contribution in [0.15, 0.2) is 24.4 Å². The maximum atomic E-state index is 10.4. The number of aliphatic hydroxyl groups is 1. The summed E-state index contributed by atoms with van der Waals surface area (Å²) in [7, 11) is 4.80. The van der Waals surface area contributed by atoms with Crippen molar-refractivity contribution in [3.05, 3.63) is 40.7 Å². The molecule has 1 aromatic carbocycles. The summed E-state index contributed by atoms with van der Waals surface area (Å²) in [6.07, 6.45) is 0.797. The molecule has 6 heteroatoms. The largest absolute Gasteiger partial charge is 0.493 e. The molecule has 2 aromatic rings. The van der Waals surface area contributed by atoms with Crippen LogP contribution in [0.3, 0.4) is 0 Å². The molecule has 0 aliphatic carbocycles. The highest BCUT2D eigenvalue weighted by Gasteiger charge is 2.18. The van der Waals surface area contributed by atoms with Gasteiger partial charge in [0, 0.05) is 13.2 Å². The zero-order valence-electron chi connectivity index (χ0n) is 10.9. The van der Waals surface area contributed by atoms with Crippen LogP contribution in [0.5, 0.6) is 11.5 Å². The molecule has 1 aromatic heterocycles. The summed E-state index contributed by atoms with van der Waals surface area (Å²) in [5, 5.41) is 14.8. The third-order valence-electron chi connectivity index (χ3n) is 2.91. The molecule has 2 rings (SSSR count). The molecule has 19 heavy (non-hydrogen) atoms. The van der Waals surface area contributed by atoms with Crippen LogP contribution < -0.4 is 9.47 Å².